The molecule has 0 aliphatic rings. The van der Waals surface area contributed by atoms with Gasteiger partial charge in [-0.25, -0.2) is 0 Å². The highest BCUT2D eigenvalue weighted by Crippen LogP contribution is 2.14. The largest absolute Gasteiger partial charge is 0.394 e. The Hall–Kier alpha value is -0.870. The van der Waals surface area contributed by atoms with Gasteiger partial charge in [0.25, 0.3) is 0 Å². The third-order valence-corrected chi connectivity index (χ3v) is 7.27. The Balaban J connectivity index is 3.50. The Kier molecular flexibility index (Phi) is 28.0. The number of nitrogens with one attached hydrogen (secondary N) is 1. The quantitative estimate of drug-likeness (QED) is 0.0729. The lowest BCUT2D eigenvalue weighted by atomic mass is 10.0. The predicted molar refractivity (Wildman–Crippen MR) is 156 cm³/mol. The Morgan fingerprint density at radius 2 is 1.03 bits per heavy atom. The first-order valence-electron chi connectivity index (χ1n) is 15.9. The third-order valence-electron chi connectivity index (χ3n) is 7.27. The van der Waals surface area contributed by atoms with Crippen LogP contribution in [0, 0.1) is 0 Å². The molecule has 0 aromatic carbocycles. The lowest BCUT2D eigenvalue weighted by molar-refractivity contribution is -0.123. The van der Waals surface area contributed by atoms with Crippen molar-refractivity contribution < 1.29 is 15.0 Å². The SMILES string of the molecule is CCCCCC/C=C/C(O)C(CO)NC(=O)CCCCCCCCCCCCCCCCCCCC. The van der Waals surface area contributed by atoms with Gasteiger partial charge in [-0.1, -0.05) is 154 Å². The fourth-order valence-electron chi connectivity index (χ4n) is 4.76. The Morgan fingerprint density at radius 1 is 0.639 bits per heavy atom. The molecule has 2 atom stereocenters. The Labute approximate surface area is 225 Å². The van der Waals surface area contributed by atoms with Crippen LogP contribution >= 0.6 is 0 Å². The van der Waals surface area contributed by atoms with Crippen LogP contribution in [0.25, 0.3) is 0 Å². The molecule has 0 spiro atoms. The number of aliphatic hydroxyl groups excluding tert-OH is 2. The van der Waals surface area contributed by atoms with Crippen molar-refractivity contribution in [3.63, 3.8) is 0 Å². The smallest absolute Gasteiger partial charge is 0.220 e. The summed E-state index contributed by atoms with van der Waals surface area (Å²) in [6, 6.07) is -0.611. The summed E-state index contributed by atoms with van der Waals surface area (Å²) in [5.41, 5.74) is 0. The van der Waals surface area contributed by atoms with Crippen molar-refractivity contribution in [1.82, 2.24) is 5.32 Å². The zero-order valence-corrected chi connectivity index (χ0v) is 24.3. The van der Waals surface area contributed by atoms with Gasteiger partial charge < -0.3 is 15.5 Å². The van der Waals surface area contributed by atoms with E-state index in [0.717, 1.165) is 25.7 Å². The van der Waals surface area contributed by atoms with E-state index in [-0.39, 0.29) is 12.5 Å². The predicted octanol–water partition coefficient (Wildman–Crippen LogP) is 8.78. The molecule has 0 bridgehead atoms. The van der Waals surface area contributed by atoms with Gasteiger partial charge in [-0.3, -0.25) is 4.79 Å². The van der Waals surface area contributed by atoms with Crippen molar-refractivity contribution >= 4 is 5.91 Å². The molecule has 0 aliphatic heterocycles. The zero-order valence-electron chi connectivity index (χ0n) is 24.3. The molecule has 3 N–H and O–H groups in total. The molecule has 0 aliphatic carbocycles. The van der Waals surface area contributed by atoms with Crippen LogP contribution in [0.1, 0.15) is 168 Å². The second-order valence-electron chi connectivity index (χ2n) is 10.9. The van der Waals surface area contributed by atoms with E-state index in [0.29, 0.717) is 6.42 Å². The minimum Gasteiger partial charge on any atom is -0.394 e. The van der Waals surface area contributed by atoms with Gasteiger partial charge in [0.2, 0.25) is 5.91 Å². The summed E-state index contributed by atoms with van der Waals surface area (Å²) in [7, 11) is 0. The first-order chi connectivity index (χ1) is 17.7. The monoisotopic (exact) mass is 509 g/mol. The summed E-state index contributed by atoms with van der Waals surface area (Å²) in [6.45, 7) is 4.23. The molecule has 36 heavy (non-hydrogen) atoms. The lowest BCUT2D eigenvalue weighted by Gasteiger charge is -2.20. The van der Waals surface area contributed by atoms with Crippen molar-refractivity contribution in [3.8, 4) is 0 Å². The molecule has 214 valence electrons. The molecule has 1 amide bonds. The van der Waals surface area contributed by atoms with Gasteiger partial charge in [0, 0.05) is 6.42 Å². The highest BCUT2D eigenvalue weighted by Gasteiger charge is 2.17. The highest BCUT2D eigenvalue weighted by molar-refractivity contribution is 5.76. The van der Waals surface area contributed by atoms with E-state index < -0.39 is 12.1 Å². The number of aliphatic hydroxyl groups is 2. The zero-order chi connectivity index (χ0) is 26.5. The summed E-state index contributed by atoms with van der Waals surface area (Å²) in [5, 5.41) is 22.6. The van der Waals surface area contributed by atoms with E-state index in [1.165, 1.54) is 122 Å². The molecular weight excluding hydrogens is 446 g/mol. The van der Waals surface area contributed by atoms with Gasteiger partial charge in [-0.2, -0.15) is 0 Å². The van der Waals surface area contributed by atoms with Crippen LogP contribution in [-0.2, 0) is 4.79 Å². The van der Waals surface area contributed by atoms with Crippen molar-refractivity contribution in [2.45, 2.75) is 180 Å². The molecule has 0 saturated carbocycles. The number of carbonyl (C=O) groups excluding carboxylic acids is 1. The second kappa shape index (κ2) is 28.7. The van der Waals surface area contributed by atoms with Crippen LogP contribution in [0.5, 0.6) is 0 Å². The highest BCUT2D eigenvalue weighted by atomic mass is 16.3. The first-order valence-corrected chi connectivity index (χ1v) is 15.9. The number of unbranched alkanes of at least 4 members (excludes halogenated alkanes) is 21. The van der Waals surface area contributed by atoms with E-state index in [4.69, 9.17) is 0 Å². The standard InChI is InChI=1S/C32H63NO3/c1-3-5-7-9-11-12-13-14-15-16-17-18-19-20-21-22-24-26-28-32(36)33-30(29-34)31(35)27-25-23-10-8-6-4-2/h25,27,30-31,34-35H,3-24,26,28-29H2,1-2H3,(H,33,36)/b27-25+. The number of allylic oxidation sites excluding steroid dienone is 1. The number of amides is 1. The minimum atomic E-state index is -0.828. The third kappa shape index (κ3) is 24.8. The van der Waals surface area contributed by atoms with Crippen LogP contribution in [0.2, 0.25) is 0 Å². The molecule has 2 unspecified atom stereocenters. The number of hydrogen-bond donors (Lipinski definition) is 3. The summed E-state index contributed by atoms with van der Waals surface area (Å²) < 4.78 is 0. The van der Waals surface area contributed by atoms with E-state index in [1.54, 1.807) is 6.08 Å². The van der Waals surface area contributed by atoms with E-state index in [1.807, 2.05) is 6.08 Å². The van der Waals surface area contributed by atoms with Crippen LogP contribution in [-0.4, -0.2) is 34.9 Å². The molecule has 0 heterocycles. The van der Waals surface area contributed by atoms with Gasteiger partial charge in [0.1, 0.15) is 0 Å². The summed E-state index contributed by atoms with van der Waals surface area (Å²) in [4.78, 5) is 12.2. The van der Waals surface area contributed by atoms with Gasteiger partial charge in [-0.15, -0.1) is 0 Å². The fourth-order valence-corrected chi connectivity index (χ4v) is 4.76. The summed E-state index contributed by atoms with van der Waals surface area (Å²) >= 11 is 0. The molecule has 0 saturated heterocycles. The second-order valence-corrected chi connectivity index (χ2v) is 10.9. The van der Waals surface area contributed by atoms with E-state index in [2.05, 4.69) is 19.2 Å². The van der Waals surface area contributed by atoms with Crippen molar-refractivity contribution in [1.29, 1.82) is 0 Å². The van der Waals surface area contributed by atoms with Crippen LogP contribution in [0.3, 0.4) is 0 Å². The van der Waals surface area contributed by atoms with Crippen molar-refractivity contribution in [2.75, 3.05) is 6.61 Å². The molecule has 0 radical (unpaired) electrons. The molecule has 0 aromatic heterocycles. The minimum absolute atomic E-state index is 0.0686. The number of carbonyl (C=O) groups is 1. The number of hydrogen-bond acceptors (Lipinski definition) is 3. The summed E-state index contributed by atoms with van der Waals surface area (Å²) in [5.74, 6) is -0.0686. The van der Waals surface area contributed by atoms with Crippen LogP contribution < -0.4 is 5.32 Å². The van der Waals surface area contributed by atoms with Gasteiger partial charge >= 0.3 is 0 Å². The molecule has 4 heteroatoms. The van der Waals surface area contributed by atoms with Gasteiger partial charge in [-0.05, 0) is 19.3 Å². The number of rotatable bonds is 28. The lowest BCUT2D eigenvalue weighted by Crippen LogP contribution is -2.45. The maximum Gasteiger partial charge on any atom is 0.220 e. The van der Waals surface area contributed by atoms with Gasteiger partial charge in [0.05, 0.1) is 18.8 Å². The van der Waals surface area contributed by atoms with E-state index in [9.17, 15) is 15.0 Å². The topological polar surface area (TPSA) is 69.6 Å². The van der Waals surface area contributed by atoms with Gasteiger partial charge in [0.15, 0.2) is 0 Å². The van der Waals surface area contributed by atoms with Crippen LogP contribution in [0.15, 0.2) is 12.2 Å². The van der Waals surface area contributed by atoms with E-state index >= 15 is 0 Å². The van der Waals surface area contributed by atoms with Crippen molar-refractivity contribution in [3.05, 3.63) is 12.2 Å². The first kappa shape index (κ1) is 35.1. The maximum absolute atomic E-state index is 12.2. The molecule has 4 nitrogen and oxygen atoms in total. The molecule has 0 rings (SSSR count). The molecule has 0 fully saturated rings. The fraction of sp³-hybridized carbons (Fsp3) is 0.906. The summed E-state index contributed by atoms with van der Waals surface area (Å²) in [6.07, 6.45) is 33.0. The molecular formula is C32H63NO3. The molecule has 0 aromatic rings. The van der Waals surface area contributed by atoms with Crippen LogP contribution in [0.4, 0.5) is 0 Å². The average molecular weight is 510 g/mol. The Bertz CT molecular complexity index is 480. The average Bonchev–Trinajstić information content (AvgIpc) is 2.88. The van der Waals surface area contributed by atoms with Crippen molar-refractivity contribution in [2.24, 2.45) is 0 Å². The maximum atomic E-state index is 12.2. The Morgan fingerprint density at radius 3 is 1.44 bits per heavy atom. The normalized spacial score (nSPS) is 13.3.